The van der Waals surface area contributed by atoms with Crippen LogP contribution >= 0.6 is 21.6 Å². The average Bonchev–Trinajstić information content (AvgIpc) is 3.13. The van der Waals surface area contributed by atoms with E-state index in [-0.39, 0.29) is 23.4 Å². The first-order chi connectivity index (χ1) is 12.9. The zero-order chi connectivity index (χ0) is 19.6. The molecule has 2 N–H and O–H groups in total. The number of ketones is 1. The molecule has 0 aliphatic carbocycles. The molecule has 2 rings (SSSR count). The van der Waals surface area contributed by atoms with Crippen molar-refractivity contribution in [1.82, 2.24) is 5.32 Å². The van der Waals surface area contributed by atoms with Crippen molar-refractivity contribution in [3.05, 3.63) is 29.8 Å². The summed E-state index contributed by atoms with van der Waals surface area (Å²) in [6.07, 6.45) is 5.79. The van der Waals surface area contributed by atoms with Gasteiger partial charge < -0.3 is 10.4 Å². The predicted molar refractivity (Wildman–Crippen MR) is 115 cm³/mol. The van der Waals surface area contributed by atoms with Crippen LogP contribution in [0.2, 0.25) is 0 Å². The van der Waals surface area contributed by atoms with Crippen LogP contribution in [-0.2, 0) is 16.0 Å². The Morgan fingerprint density at radius 2 is 1.96 bits per heavy atom. The Labute approximate surface area is 170 Å². The minimum Gasteiger partial charge on any atom is -0.508 e. The molecule has 0 aromatic heterocycles. The van der Waals surface area contributed by atoms with Gasteiger partial charge in [-0.05, 0) is 49.3 Å². The molecule has 1 aliphatic rings. The van der Waals surface area contributed by atoms with Gasteiger partial charge in [-0.3, -0.25) is 9.59 Å². The lowest BCUT2D eigenvalue weighted by Crippen LogP contribution is -2.42. The molecule has 0 radical (unpaired) electrons. The lowest BCUT2D eigenvalue weighted by Gasteiger charge is -2.19. The highest BCUT2D eigenvalue weighted by molar-refractivity contribution is 8.77. The first-order valence-corrected chi connectivity index (χ1v) is 12.2. The smallest absolute Gasteiger partial charge is 0.220 e. The van der Waals surface area contributed by atoms with E-state index in [4.69, 9.17) is 0 Å². The van der Waals surface area contributed by atoms with Crippen molar-refractivity contribution in [2.75, 3.05) is 5.75 Å². The number of rotatable bonds is 11. The van der Waals surface area contributed by atoms with Crippen LogP contribution < -0.4 is 5.32 Å². The Kier molecular flexibility index (Phi) is 9.56. The van der Waals surface area contributed by atoms with E-state index in [2.05, 4.69) is 5.32 Å². The summed E-state index contributed by atoms with van der Waals surface area (Å²) in [5.74, 6) is 1.74. The normalized spacial score (nSPS) is 17.8. The van der Waals surface area contributed by atoms with Crippen LogP contribution in [0.1, 0.15) is 57.9 Å². The Bertz CT molecular complexity index is 598. The topological polar surface area (TPSA) is 66.4 Å². The van der Waals surface area contributed by atoms with E-state index in [1.165, 1.54) is 18.6 Å². The molecule has 0 bridgehead atoms. The van der Waals surface area contributed by atoms with Gasteiger partial charge in [0.25, 0.3) is 0 Å². The second-order valence-electron chi connectivity index (χ2n) is 7.63. The van der Waals surface area contributed by atoms with Gasteiger partial charge in [-0.2, -0.15) is 0 Å². The van der Waals surface area contributed by atoms with Crippen LogP contribution in [0.15, 0.2) is 24.3 Å². The highest BCUT2D eigenvalue weighted by Crippen LogP contribution is 2.39. The van der Waals surface area contributed by atoms with E-state index in [1.807, 2.05) is 35.4 Å². The average molecular weight is 410 g/mol. The molecule has 0 saturated carbocycles. The molecule has 1 amide bonds. The van der Waals surface area contributed by atoms with E-state index in [1.54, 1.807) is 24.3 Å². The number of hydrogen-bond acceptors (Lipinski definition) is 5. The van der Waals surface area contributed by atoms with Crippen LogP contribution in [0.5, 0.6) is 5.75 Å². The highest BCUT2D eigenvalue weighted by Gasteiger charge is 2.22. The van der Waals surface area contributed by atoms with E-state index in [9.17, 15) is 14.7 Å². The third-order valence-electron chi connectivity index (χ3n) is 4.62. The SMILES string of the molecule is CC(C)CC(=O)C(Cc1ccc(O)cc1)NC(=O)CCCCC1CCSS1. The molecule has 1 heterocycles. The quantitative estimate of drug-likeness (QED) is 0.408. The van der Waals surface area contributed by atoms with Gasteiger partial charge in [0.05, 0.1) is 6.04 Å². The molecule has 27 heavy (non-hydrogen) atoms. The fourth-order valence-corrected chi connectivity index (χ4v) is 6.17. The maximum absolute atomic E-state index is 12.6. The molecule has 1 aromatic rings. The van der Waals surface area contributed by atoms with E-state index >= 15 is 0 Å². The number of phenols is 1. The fourth-order valence-electron chi connectivity index (χ4n) is 3.15. The van der Waals surface area contributed by atoms with Crippen molar-refractivity contribution in [3.63, 3.8) is 0 Å². The zero-order valence-corrected chi connectivity index (χ0v) is 17.9. The van der Waals surface area contributed by atoms with Gasteiger partial charge >= 0.3 is 0 Å². The van der Waals surface area contributed by atoms with E-state index < -0.39 is 6.04 Å². The first-order valence-electron chi connectivity index (χ1n) is 9.82. The highest BCUT2D eigenvalue weighted by atomic mass is 33.1. The number of amides is 1. The van der Waals surface area contributed by atoms with E-state index in [0.717, 1.165) is 23.7 Å². The van der Waals surface area contributed by atoms with Gasteiger partial charge in [0, 0.05) is 23.8 Å². The second-order valence-corrected chi connectivity index (χ2v) is 10.4. The molecular weight excluding hydrogens is 378 g/mol. The summed E-state index contributed by atoms with van der Waals surface area (Å²) in [4.78, 5) is 25.0. The van der Waals surface area contributed by atoms with Gasteiger partial charge in [0.1, 0.15) is 5.75 Å². The number of aromatic hydroxyl groups is 1. The van der Waals surface area contributed by atoms with Gasteiger partial charge in [-0.1, -0.05) is 54.0 Å². The summed E-state index contributed by atoms with van der Waals surface area (Å²) in [6, 6.07) is 6.33. The van der Waals surface area contributed by atoms with Gasteiger partial charge in [0.15, 0.2) is 5.78 Å². The van der Waals surface area contributed by atoms with Gasteiger partial charge in [-0.15, -0.1) is 0 Å². The molecule has 2 unspecified atom stereocenters. The number of phenolic OH excluding ortho intramolecular Hbond substituents is 1. The summed E-state index contributed by atoms with van der Waals surface area (Å²) in [5, 5.41) is 13.1. The maximum Gasteiger partial charge on any atom is 0.220 e. The molecule has 4 nitrogen and oxygen atoms in total. The number of carbonyl (C=O) groups excluding carboxylic acids is 2. The van der Waals surface area contributed by atoms with Crippen LogP contribution in [0.3, 0.4) is 0 Å². The standard InChI is InChI=1S/C21H31NO3S2/c1-15(2)13-20(24)19(14-16-7-9-17(23)10-8-16)22-21(25)6-4-3-5-18-11-12-26-27-18/h7-10,15,18-19,23H,3-6,11-14H2,1-2H3,(H,22,25). The second kappa shape index (κ2) is 11.6. The number of carbonyl (C=O) groups is 2. The van der Waals surface area contributed by atoms with Crippen molar-refractivity contribution < 1.29 is 14.7 Å². The molecule has 1 aliphatic heterocycles. The Balaban J connectivity index is 1.82. The van der Waals surface area contributed by atoms with Crippen LogP contribution in [-0.4, -0.2) is 33.8 Å². The van der Waals surface area contributed by atoms with Crippen molar-refractivity contribution >= 4 is 33.3 Å². The van der Waals surface area contributed by atoms with Crippen LogP contribution in [0.4, 0.5) is 0 Å². The molecular formula is C21H31NO3S2. The summed E-state index contributed by atoms with van der Waals surface area (Å²) in [6.45, 7) is 4.02. The molecule has 150 valence electrons. The molecule has 1 fully saturated rings. The van der Waals surface area contributed by atoms with Gasteiger partial charge in [0.2, 0.25) is 5.91 Å². The number of unbranched alkanes of at least 4 members (excludes halogenated alkanes) is 1. The Morgan fingerprint density at radius 3 is 2.59 bits per heavy atom. The third-order valence-corrected chi connectivity index (χ3v) is 7.62. The summed E-state index contributed by atoms with van der Waals surface area (Å²) < 4.78 is 0. The molecule has 2 atom stereocenters. The number of Topliss-reactive ketones (excluding diaryl/α,β-unsaturated/α-hetero) is 1. The zero-order valence-electron chi connectivity index (χ0n) is 16.3. The Hall–Kier alpha value is -1.14. The lowest BCUT2D eigenvalue weighted by atomic mass is 9.96. The first kappa shape index (κ1) is 22.2. The summed E-state index contributed by atoms with van der Waals surface area (Å²) >= 11 is 0. The summed E-state index contributed by atoms with van der Waals surface area (Å²) in [7, 11) is 3.93. The number of nitrogens with one attached hydrogen (secondary N) is 1. The maximum atomic E-state index is 12.6. The van der Waals surface area contributed by atoms with E-state index in [0.29, 0.717) is 19.3 Å². The summed E-state index contributed by atoms with van der Waals surface area (Å²) in [5.41, 5.74) is 0.936. The molecule has 6 heteroatoms. The van der Waals surface area contributed by atoms with Gasteiger partial charge in [-0.25, -0.2) is 0 Å². The predicted octanol–water partition coefficient (Wildman–Crippen LogP) is 4.75. The minimum absolute atomic E-state index is 0.0377. The van der Waals surface area contributed by atoms with Crippen molar-refractivity contribution in [1.29, 1.82) is 0 Å². The molecule has 1 saturated heterocycles. The number of hydrogen-bond donors (Lipinski definition) is 2. The van der Waals surface area contributed by atoms with Crippen molar-refractivity contribution in [2.24, 2.45) is 5.92 Å². The third kappa shape index (κ3) is 8.60. The molecule has 1 aromatic carbocycles. The van der Waals surface area contributed by atoms with Crippen LogP contribution in [0.25, 0.3) is 0 Å². The monoisotopic (exact) mass is 409 g/mol. The van der Waals surface area contributed by atoms with Crippen molar-refractivity contribution in [3.8, 4) is 5.75 Å². The number of benzene rings is 1. The fraction of sp³-hybridized carbons (Fsp3) is 0.619. The Morgan fingerprint density at radius 1 is 1.22 bits per heavy atom. The van der Waals surface area contributed by atoms with Crippen LogP contribution in [0, 0.1) is 5.92 Å². The molecule has 0 spiro atoms. The largest absolute Gasteiger partial charge is 0.508 e. The van der Waals surface area contributed by atoms with Crippen molar-refractivity contribution in [2.45, 2.75) is 70.1 Å². The minimum atomic E-state index is -0.494. The lowest BCUT2D eigenvalue weighted by molar-refractivity contribution is -0.128.